The van der Waals surface area contributed by atoms with Crippen LogP contribution in [0.5, 0.6) is 0 Å². The zero-order chi connectivity index (χ0) is 18.7. The van der Waals surface area contributed by atoms with Gasteiger partial charge in [0, 0.05) is 25.5 Å². The molecule has 0 radical (unpaired) electrons. The summed E-state index contributed by atoms with van der Waals surface area (Å²) in [5.41, 5.74) is 4.55. The Balaban J connectivity index is 2.11. The predicted molar refractivity (Wildman–Crippen MR) is 101 cm³/mol. The summed E-state index contributed by atoms with van der Waals surface area (Å²) in [4.78, 5) is 29.6. The van der Waals surface area contributed by atoms with Gasteiger partial charge in [-0.05, 0) is 31.9 Å². The van der Waals surface area contributed by atoms with Crippen molar-refractivity contribution in [1.82, 2.24) is 23.1 Å². The molecule has 1 aromatic carbocycles. The third-order valence-electron chi connectivity index (χ3n) is 5.34. The molecule has 134 valence electrons. The van der Waals surface area contributed by atoms with Crippen molar-refractivity contribution in [3.63, 3.8) is 0 Å². The first-order chi connectivity index (χ1) is 12.3. The van der Waals surface area contributed by atoms with E-state index in [-0.39, 0.29) is 11.2 Å². The first kappa shape index (κ1) is 16.4. The first-order valence-electron chi connectivity index (χ1n) is 8.51. The molecule has 3 aromatic heterocycles. The van der Waals surface area contributed by atoms with Gasteiger partial charge in [-0.1, -0.05) is 24.3 Å². The summed E-state index contributed by atoms with van der Waals surface area (Å²) in [6, 6.07) is 8.22. The smallest absolute Gasteiger partial charge is 0.309 e. The topological polar surface area (TPSA) is 66.2 Å². The van der Waals surface area contributed by atoms with Crippen LogP contribution in [0, 0.1) is 20.8 Å². The van der Waals surface area contributed by atoms with Crippen LogP contribution >= 0.6 is 0 Å². The van der Waals surface area contributed by atoms with E-state index in [2.05, 4.69) is 28.6 Å². The van der Waals surface area contributed by atoms with Crippen LogP contribution in [-0.4, -0.2) is 23.1 Å². The van der Waals surface area contributed by atoms with Gasteiger partial charge in [0.25, 0.3) is 5.56 Å². The molecule has 0 N–H and O–H groups in total. The fraction of sp³-hybridized carbons (Fsp3) is 0.316. The second kappa shape index (κ2) is 5.45. The summed E-state index contributed by atoms with van der Waals surface area (Å²) in [6.45, 7) is 6.75. The Kier molecular flexibility index (Phi) is 3.44. The average molecular weight is 351 g/mol. The van der Waals surface area contributed by atoms with E-state index in [1.54, 1.807) is 7.05 Å². The lowest BCUT2D eigenvalue weighted by atomic mass is 10.1. The van der Waals surface area contributed by atoms with Crippen molar-refractivity contribution in [3.8, 4) is 0 Å². The number of nitrogens with zero attached hydrogens (tertiary/aromatic N) is 5. The molecule has 0 saturated heterocycles. The summed E-state index contributed by atoms with van der Waals surface area (Å²) >= 11 is 0. The van der Waals surface area contributed by atoms with Crippen molar-refractivity contribution in [3.05, 3.63) is 67.6 Å². The van der Waals surface area contributed by atoms with E-state index < -0.39 is 0 Å². The molecule has 4 aromatic rings. The summed E-state index contributed by atoms with van der Waals surface area (Å²) < 4.78 is 6.52. The van der Waals surface area contributed by atoms with Crippen LogP contribution in [0.15, 0.2) is 33.9 Å². The Morgan fingerprint density at radius 2 is 1.65 bits per heavy atom. The molecule has 0 aliphatic rings. The minimum Gasteiger partial charge on any atom is -0.309 e. The van der Waals surface area contributed by atoms with Gasteiger partial charge in [-0.2, -0.15) is 4.98 Å². The van der Waals surface area contributed by atoms with Crippen LogP contribution in [0.2, 0.25) is 0 Å². The maximum atomic E-state index is 12.7. The largest absolute Gasteiger partial charge is 0.332 e. The summed E-state index contributed by atoms with van der Waals surface area (Å²) in [6.07, 6.45) is 0. The molecule has 4 rings (SSSR count). The number of hydrogen-bond donors (Lipinski definition) is 0. The Hall–Kier alpha value is -3.09. The van der Waals surface area contributed by atoms with Crippen LogP contribution in [0.1, 0.15) is 22.5 Å². The van der Waals surface area contributed by atoms with Gasteiger partial charge in [0.05, 0.1) is 6.54 Å². The van der Waals surface area contributed by atoms with Crippen LogP contribution in [0.3, 0.4) is 0 Å². The van der Waals surface area contributed by atoms with Gasteiger partial charge in [-0.15, -0.1) is 0 Å². The summed E-state index contributed by atoms with van der Waals surface area (Å²) in [7, 11) is 3.14. The molecule has 0 fully saturated rings. The number of benzene rings is 1. The normalized spacial score (nSPS) is 11.7. The maximum Gasteiger partial charge on any atom is 0.332 e. The quantitative estimate of drug-likeness (QED) is 0.552. The lowest BCUT2D eigenvalue weighted by Crippen LogP contribution is -2.37. The number of hydrogen-bond acceptors (Lipinski definition) is 3. The molecule has 7 heteroatoms. The highest BCUT2D eigenvalue weighted by atomic mass is 16.2. The Morgan fingerprint density at radius 1 is 0.962 bits per heavy atom. The third-order valence-corrected chi connectivity index (χ3v) is 5.34. The number of fused-ring (bicyclic) bond motifs is 3. The van der Waals surface area contributed by atoms with E-state index in [9.17, 15) is 9.59 Å². The second-order valence-electron chi connectivity index (χ2n) is 6.81. The van der Waals surface area contributed by atoms with Gasteiger partial charge >= 0.3 is 5.69 Å². The van der Waals surface area contributed by atoms with Crippen LogP contribution in [-0.2, 0) is 20.6 Å². The molecule has 0 amide bonds. The van der Waals surface area contributed by atoms with Crippen LogP contribution in [0.4, 0.5) is 0 Å². The molecule has 0 unspecified atom stereocenters. The van der Waals surface area contributed by atoms with E-state index in [0.717, 1.165) is 16.0 Å². The Labute approximate surface area is 149 Å². The fourth-order valence-corrected chi connectivity index (χ4v) is 3.54. The van der Waals surface area contributed by atoms with Crippen LogP contribution < -0.4 is 11.2 Å². The molecule has 0 aliphatic carbocycles. The van der Waals surface area contributed by atoms with Crippen molar-refractivity contribution < 1.29 is 0 Å². The van der Waals surface area contributed by atoms with Crippen molar-refractivity contribution >= 4 is 16.9 Å². The van der Waals surface area contributed by atoms with Crippen molar-refractivity contribution in [2.24, 2.45) is 14.1 Å². The number of imidazole rings is 2. The third kappa shape index (κ3) is 2.03. The minimum absolute atomic E-state index is 0.327. The molecule has 3 heterocycles. The van der Waals surface area contributed by atoms with Gasteiger partial charge in [0.15, 0.2) is 11.2 Å². The van der Waals surface area contributed by atoms with E-state index in [4.69, 9.17) is 0 Å². The zero-order valence-corrected chi connectivity index (χ0v) is 15.6. The maximum absolute atomic E-state index is 12.7. The minimum atomic E-state index is -0.372. The summed E-state index contributed by atoms with van der Waals surface area (Å²) in [5.74, 6) is 0.677. The lowest BCUT2D eigenvalue weighted by molar-refractivity contribution is 0.707. The van der Waals surface area contributed by atoms with Gasteiger partial charge in [0.2, 0.25) is 5.78 Å². The number of aromatic nitrogens is 5. The molecule has 0 aliphatic heterocycles. The summed E-state index contributed by atoms with van der Waals surface area (Å²) in [5, 5.41) is 0. The Bertz CT molecular complexity index is 1300. The second-order valence-corrected chi connectivity index (χ2v) is 6.81. The zero-order valence-electron chi connectivity index (χ0n) is 15.6. The molecule has 7 nitrogen and oxygen atoms in total. The first-order valence-corrected chi connectivity index (χ1v) is 8.51. The highest BCUT2D eigenvalue weighted by Gasteiger charge is 2.21. The fourth-order valence-electron chi connectivity index (χ4n) is 3.54. The molecule has 0 saturated carbocycles. The lowest BCUT2D eigenvalue weighted by Gasteiger charge is -2.09. The van der Waals surface area contributed by atoms with E-state index in [0.29, 0.717) is 23.5 Å². The van der Waals surface area contributed by atoms with Gasteiger partial charge in [-0.3, -0.25) is 18.3 Å². The molecule has 0 spiro atoms. The highest BCUT2D eigenvalue weighted by molar-refractivity contribution is 5.76. The van der Waals surface area contributed by atoms with Crippen molar-refractivity contribution in [1.29, 1.82) is 0 Å². The van der Waals surface area contributed by atoms with E-state index in [1.807, 2.05) is 30.4 Å². The molecular formula is C19H21N5O2. The number of aryl methyl sites for hydroxylation is 3. The predicted octanol–water partition coefficient (Wildman–Crippen LogP) is 1.66. The van der Waals surface area contributed by atoms with Crippen LogP contribution in [0.25, 0.3) is 16.9 Å². The standard InChI is InChI=1S/C19H21N5O2/c1-11-8-6-7-9-14(11)10-23-12(2)13(3)24-15-16(20-18(23)24)21(4)19(26)22(5)17(15)25/h6-9H,10H2,1-5H3. The highest BCUT2D eigenvalue weighted by Crippen LogP contribution is 2.22. The SMILES string of the molecule is Cc1ccccc1Cn1c(C)c(C)n2c3c(=O)n(C)c(=O)n(C)c3nc12. The van der Waals surface area contributed by atoms with Gasteiger partial charge in [-0.25, -0.2) is 4.79 Å². The Morgan fingerprint density at radius 3 is 2.35 bits per heavy atom. The van der Waals surface area contributed by atoms with Crippen molar-refractivity contribution in [2.45, 2.75) is 27.3 Å². The number of rotatable bonds is 2. The molecule has 0 bridgehead atoms. The molecular weight excluding hydrogens is 330 g/mol. The van der Waals surface area contributed by atoms with Crippen molar-refractivity contribution in [2.75, 3.05) is 0 Å². The average Bonchev–Trinajstić information content (AvgIpc) is 3.12. The molecule has 0 atom stereocenters. The monoisotopic (exact) mass is 351 g/mol. The molecule has 26 heavy (non-hydrogen) atoms. The van der Waals surface area contributed by atoms with E-state index in [1.165, 1.54) is 22.7 Å². The van der Waals surface area contributed by atoms with E-state index >= 15 is 0 Å². The van der Waals surface area contributed by atoms with Gasteiger partial charge in [0.1, 0.15) is 0 Å². The van der Waals surface area contributed by atoms with Gasteiger partial charge < -0.3 is 4.57 Å².